The largest absolute Gasteiger partial charge is 0.417 e. The topological polar surface area (TPSA) is 38.3 Å². The van der Waals surface area contributed by atoms with Gasteiger partial charge in [-0.1, -0.05) is 18.2 Å². The summed E-state index contributed by atoms with van der Waals surface area (Å²) < 4.78 is 5.14. The molecule has 2 aromatic rings. The van der Waals surface area contributed by atoms with E-state index in [1.54, 1.807) is 23.5 Å². The van der Waals surface area contributed by atoms with Gasteiger partial charge >= 0.3 is 6.09 Å². The molecule has 17 heavy (non-hydrogen) atoms. The number of rotatable bonds is 2. The number of nitrogens with one attached hydrogen (secondary N) is 1. The highest BCUT2D eigenvalue weighted by Crippen LogP contribution is 2.25. The number of hydrogen-bond donors (Lipinski definition) is 1. The van der Waals surface area contributed by atoms with E-state index in [1.165, 1.54) is 4.88 Å². The van der Waals surface area contributed by atoms with Gasteiger partial charge in [0.15, 0.2) is 0 Å². The Kier molecular flexibility index (Phi) is 3.44. The molecular formula is C13H13NO2S. The van der Waals surface area contributed by atoms with Crippen molar-refractivity contribution in [1.82, 2.24) is 0 Å². The highest BCUT2D eigenvalue weighted by atomic mass is 32.1. The van der Waals surface area contributed by atoms with Crippen molar-refractivity contribution in [3.05, 3.63) is 46.2 Å². The lowest BCUT2D eigenvalue weighted by atomic mass is 10.3. The number of hydrogen-bond acceptors (Lipinski definition) is 3. The van der Waals surface area contributed by atoms with Gasteiger partial charge < -0.3 is 4.74 Å². The van der Waals surface area contributed by atoms with Crippen LogP contribution in [-0.4, -0.2) is 6.09 Å². The molecule has 1 N–H and O–H groups in total. The Morgan fingerprint density at radius 2 is 1.94 bits per heavy atom. The maximum Gasteiger partial charge on any atom is 0.417 e. The predicted molar refractivity (Wildman–Crippen MR) is 69.9 cm³/mol. The summed E-state index contributed by atoms with van der Waals surface area (Å²) in [4.78, 5) is 12.8. The van der Waals surface area contributed by atoms with Crippen LogP contribution in [0.15, 0.2) is 35.7 Å². The molecule has 1 amide bonds. The molecule has 0 radical (unpaired) electrons. The number of carbonyl (C=O) groups excluding carboxylic acids is 1. The first-order chi connectivity index (χ1) is 8.16. The summed E-state index contributed by atoms with van der Waals surface area (Å²) in [7, 11) is 0. The Bertz CT molecular complexity index is 519. The lowest BCUT2D eigenvalue weighted by molar-refractivity contribution is 0.215. The molecule has 0 saturated carbocycles. The van der Waals surface area contributed by atoms with Crippen molar-refractivity contribution in [2.75, 3.05) is 5.32 Å². The molecule has 0 aliphatic carbocycles. The van der Waals surface area contributed by atoms with Crippen molar-refractivity contribution in [2.24, 2.45) is 0 Å². The van der Waals surface area contributed by atoms with Crippen LogP contribution in [0.1, 0.15) is 10.4 Å². The van der Waals surface area contributed by atoms with Crippen molar-refractivity contribution in [3.8, 4) is 5.75 Å². The normalized spacial score (nSPS) is 10.0. The van der Waals surface area contributed by atoms with Crippen LogP contribution in [0, 0.1) is 13.8 Å². The lowest BCUT2D eigenvalue weighted by Gasteiger charge is -2.05. The Labute approximate surface area is 104 Å². The third-order valence-corrected chi connectivity index (χ3v) is 3.49. The molecule has 0 aliphatic heterocycles. The summed E-state index contributed by atoms with van der Waals surface area (Å²) in [5.41, 5.74) is 1.90. The number of amides is 1. The van der Waals surface area contributed by atoms with E-state index in [2.05, 4.69) is 5.32 Å². The molecule has 0 unspecified atom stereocenters. The van der Waals surface area contributed by atoms with Gasteiger partial charge in [0.2, 0.25) is 0 Å². The molecule has 3 nitrogen and oxygen atoms in total. The van der Waals surface area contributed by atoms with E-state index in [1.807, 2.05) is 37.4 Å². The molecule has 1 heterocycles. The van der Waals surface area contributed by atoms with Crippen molar-refractivity contribution >= 4 is 23.1 Å². The van der Waals surface area contributed by atoms with E-state index < -0.39 is 6.09 Å². The van der Waals surface area contributed by atoms with Crippen LogP contribution >= 0.6 is 11.3 Å². The summed E-state index contributed by atoms with van der Waals surface area (Å²) >= 11 is 1.61. The van der Waals surface area contributed by atoms with Crippen molar-refractivity contribution in [1.29, 1.82) is 0 Å². The summed E-state index contributed by atoms with van der Waals surface area (Å²) in [6.07, 6.45) is -0.461. The third kappa shape index (κ3) is 2.85. The van der Waals surface area contributed by atoms with Gasteiger partial charge in [0.25, 0.3) is 0 Å². The van der Waals surface area contributed by atoms with Crippen LogP contribution in [0.4, 0.5) is 10.5 Å². The van der Waals surface area contributed by atoms with Crippen molar-refractivity contribution in [3.63, 3.8) is 0 Å². The van der Waals surface area contributed by atoms with Gasteiger partial charge in [-0.2, -0.15) is 0 Å². The van der Waals surface area contributed by atoms with Gasteiger partial charge in [0.05, 0.1) is 5.69 Å². The molecule has 2 rings (SSSR count). The van der Waals surface area contributed by atoms with E-state index in [-0.39, 0.29) is 0 Å². The molecule has 88 valence electrons. The minimum Gasteiger partial charge on any atom is -0.410 e. The number of anilines is 1. The fraction of sp³-hybridized carbons (Fsp3) is 0.154. The van der Waals surface area contributed by atoms with Gasteiger partial charge in [-0.3, -0.25) is 5.32 Å². The zero-order valence-electron chi connectivity index (χ0n) is 9.69. The van der Waals surface area contributed by atoms with E-state index in [4.69, 9.17) is 4.74 Å². The minimum atomic E-state index is -0.461. The molecule has 1 aromatic heterocycles. The van der Waals surface area contributed by atoms with Crippen LogP contribution < -0.4 is 10.1 Å². The van der Waals surface area contributed by atoms with Gasteiger partial charge in [0.1, 0.15) is 5.75 Å². The summed E-state index contributed by atoms with van der Waals surface area (Å²) in [6.45, 7) is 4.00. The second-order valence-corrected chi connectivity index (χ2v) is 4.74. The number of carbonyl (C=O) groups is 1. The number of para-hydroxylation sites is 1. The quantitative estimate of drug-likeness (QED) is 0.871. The molecule has 0 aliphatic rings. The third-order valence-electron chi connectivity index (χ3n) is 2.48. The van der Waals surface area contributed by atoms with Crippen LogP contribution in [0.2, 0.25) is 0 Å². The van der Waals surface area contributed by atoms with Crippen molar-refractivity contribution in [2.45, 2.75) is 13.8 Å². The van der Waals surface area contributed by atoms with Gasteiger partial charge in [-0.05, 0) is 31.5 Å². The van der Waals surface area contributed by atoms with E-state index in [9.17, 15) is 4.79 Å². The zero-order valence-corrected chi connectivity index (χ0v) is 10.5. The molecule has 1 aromatic carbocycles. The van der Waals surface area contributed by atoms with E-state index in [0.717, 1.165) is 11.3 Å². The Morgan fingerprint density at radius 3 is 2.53 bits per heavy atom. The molecule has 0 bridgehead atoms. The average Bonchev–Trinajstić information content (AvgIpc) is 2.62. The minimum absolute atomic E-state index is 0.461. The number of benzene rings is 1. The van der Waals surface area contributed by atoms with Gasteiger partial charge in [-0.15, -0.1) is 11.3 Å². The molecule has 0 atom stereocenters. The number of thiophene rings is 1. The number of aryl methyl sites for hydroxylation is 1. The van der Waals surface area contributed by atoms with Crippen LogP contribution in [0.5, 0.6) is 5.75 Å². The summed E-state index contributed by atoms with van der Waals surface area (Å²) in [6, 6.07) is 9.00. The van der Waals surface area contributed by atoms with Crippen LogP contribution in [0.25, 0.3) is 0 Å². The molecule has 4 heteroatoms. The summed E-state index contributed by atoms with van der Waals surface area (Å²) in [5, 5.41) is 4.64. The maximum absolute atomic E-state index is 11.6. The molecule has 0 saturated heterocycles. The van der Waals surface area contributed by atoms with Gasteiger partial charge in [0, 0.05) is 10.3 Å². The summed E-state index contributed by atoms with van der Waals surface area (Å²) in [5.74, 6) is 0.537. The van der Waals surface area contributed by atoms with E-state index >= 15 is 0 Å². The first-order valence-corrected chi connectivity index (χ1v) is 6.13. The van der Waals surface area contributed by atoms with E-state index in [0.29, 0.717) is 5.75 Å². The highest BCUT2D eigenvalue weighted by Gasteiger charge is 2.09. The predicted octanol–water partition coefficient (Wildman–Crippen LogP) is 3.98. The molecular weight excluding hydrogens is 234 g/mol. The monoisotopic (exact) mass is 247 g/mol. The first kappa shape index (κ1) is 11.7. The average molecular weight is 247 g/mol. The first-order valence-electron chi connectivity index (χ1n) is 5.25. The second kappa shape index (κ2) is 5.01. The Hall–Kier alpha value is -1.81. The molecule has 0 spiro atoms. The second-order valence-electron chi connectivity index (χ2n) is 3.66. The Balaban J connectivity index is 2.01. The lowest BCUT2D eigenvalue weighted by Crippen LogP contribution is -2.16. The SMILES string of the molecule is Cc1scc(NC(=O)Oc2ccccc2)c1C. The fourth-order valence-corrected chi connectivity index (χ4v) is 2.19. The van der Waals surface area contributed by atoms with Crippen LogP contribution in [-0.2, 0) is 0 Å². The fourth-order valence-electron chi connectivity index (χ4n) is 1.37. The smallest absolute Gasteiger partial charge is 0.410 e. The van der Waals surface area contributed by atoms with Crippen molar-refractivity contribution < 1.29 is 9.53 Å². The standard InChI is InChI=1S/C13H13NO2S/c1-9-10(2)17-8-12(9)14-13(15)16-11-6-4-3-5-7-11/h3-8H,1-2H3,(H,14,15). The maximum atomic E-state index is 11.6. The van der Waals surface area contributed by atoms with Crippen LogP contribution in [0.3, 0.4) is 0 Å². The zero-order chi connectivity index (χ0) is 12.3. The Morgan fingerprint density at radius 1 is 1.24 bits per heavy atom. The highest BCUT2D eigenvalue weighted by molar-refractivity contribution is 7.10. The van der Waals surface area contributed by atoms with Gasteiger partial charge in [-0.25, -0.2) is 4.79 Å². The molecule has 0 fully saturated rings. The number of ether oxygens (including phenoxy) is 1.